The molecule has 0 N–H and O–H groups in total. The SMILES string of the molecule is O=[N+]([O-])c1c2cccc1CSCc1c3ccccc3c(c3ccccc13)CSC2. The number of rotatable bonds is 1. The van der Waals surface area contributed by atoms with Gasteiger partial charge in [-0.05, 0) is 32.7 Å². The van der Waals surface area contributed by atoms with Gasteiger partial charge >= 0.3 is 0 Å². The van der Waals surface area contributed by atoms with E-state index in [1.165, 1.54) is 32.7 Å². The second kappa shape index (κ2) is 7.73. The van der Waals surface area contributed by atoms with E-state index in [4.69, 9.17) is 0 Å². The zero-order valence-electron chi connectivity index (χ0n) is 15.8. The highest BCUT2D eigenvalue weighted by Crippen LogP contribution is 2.39. The van der Waals surface area contributed by atoms with Crippen LogP contribution >= 0.6 is 23.5 Å². The van der Waals surface area contributed by atoms with Crippen LogP contribution in [0.15, 0.2) is 66.7 Å². The fraction of sp³-hybridized carbons (Fsp3) is 0.167. The standard InChI is InChI=1S/C24H19NO2S2/c26-25(27)24-16-6-5-7-17(24)13-29-15-23-19-9-2-1-8-18(19)22(14-28-12-16)20-10-3-4-11-21(20)23/h1-11H,12-15H2. The van der Waals surface area contributed by atoms with E-state index in [-0.39, 0.29) is 4.92 Å². The minimum atomic E-state index is -0.205. The molecule has 4 aromatic carbocycles. The number of benzene rings is 4. The van der Waals surface area contributed by atoms with Crippen LogP contribution in [0, 0.1) is 10.1 Å². The zero-order chi connectivity index (χ0) is 19.8. The van der Waals surface area contributed by atoms with Gasteiger partial charge in [-0.1, -0.05) is 66.7 Å². The van der Waals surface area contributed by atoms with Crippen LogP contribution in [0.4, 0.5) is 5.69 Å². The van der Waals surface area contributed by atoms with E-state index in [1.807, 2.05) is 18.2 Å². The van der Waals surface area contributed by atoms with E-state index in [1.54, 1.807) is 23.5 Å². The summed E-state index contributed by atoms with van der Waals surface area (Å²) in [6, 6.07) is 23.0. The van der Waals surface area contributed by atoms with E-state index >= 15 is 0 Å². The van der Waals surface area contributed by atoms with Gasteiger partial charge in [0.2, 0.25) is 0 Å². The van der Waals surface area contributed by atoms with Crippen molar-refractivity contribution in [2.45, 2.75) is 23.0 Å². The Morgan fingerprint density at radius 3 is 1.41 bits per heavy atom. The molecule has 5 heteroatoms. The summed E-state index contributed by atoms with van der Waals surface area (Å²) in [7, 11) is 0. The van der Waals surface area contributed by atoms with Crippen LogP contribution in [0.2, 0.25) is 0 Å². The van der Waals surface area contributed by atoms with Crippen molar-refractivity contribution in [3.63, 3.8) is 0 Å². The predicted molar refractivity (Wildman–Crippen MR) is 125 cm³/mol. The van der Waals surface area contributed by atoms with Crippen LogP contribution in [-0.2, 0) is 23.0 Å². The molecular formula is C24H19NO2S2. The Morgan fingerprint density at radius 1 is 0.621 bits per heavy atom. The highest BCUT2D eigenvalue weighted by Gasteiger charge is 2.21. The van der Waals surface area contributed by atoms with Crippen LogP contribution in [0.3, 0.4) is 0 Å². The summed E-state index contributed by atoms with van der Waals surface area (Å²) < 4.78 is 0. The first kappa shape index (κ1) is 18.5. The molecule has 0 radical (unpaired) electrons. The second-order valence-corrected chi connectivity index (χ2v) is 9.19. The lowest BCUT2D eigenvalue weighted by molar-refractivity contribution is -0.386. The third kappa shape index (κ3) is 3.28. The highest BCUT2D eigenvalue weighted by atomic mass is 32.2. The van der Waals surface area contributed by atoms with Crippen molar-refractivity contribution in [2.24, 2.45) is 0 Å². The lowest BCUT2D eigenvalue weighted by Gasteiger charge is -2.16. The highest BCUT2D eigenvalue weighted by molar-refractivity contribution is 7.98. The lowest BCUT2D eigenvalue weighted by Crippen LogP contribution is -1.99. The molecule has 2 heterocycles. The first-order chi connectivity index (χ1) is 14.2. The normalized spacial score (nSPS) is 14.3. The molecule has 0 unspecified atom stereocenters. The molecule has 144 valence electrons. The van der Waals surface area contributed by atoms with Crippen molar-refractivity contribution < 1.29 is 4.92 Å². The molecule has 0 fully saturated rings. The first-order valence-corrected chi connectivity index (χ1v) is 11.9. The average Bonchev–Trinajstić information content (AvgIpc) is 2.75. The van der Waals surface area contributed by atoms with Crippen LogP contribution in [0.1, 0.15) is 22.3 Å². The molecule has 0 saturated heterocycles. The summed E-state index contributed by atoms with van der Waals surface area (Å²) in [5, 5.41) is 17.0. The van der Waals surface area contributed by atoms with Crippen LogP contribution < -0.4 is 0 Å². The predicted octanol–water partition coefficient (Wildman–Crippen LogP) is 7.08. The molecular weight excluding hydrogens is 398 g/mol. The Labute approximate surface area is 177 Å². The number of para-hydroxylation sites is 1. The largest absolute Gasteiger partial charge is 0.277 e. The molecule has 0 amide bonds. The average molecular weight is 418 g/mol. The first-order valence-electron chi connectivity index (χ1n) is 9.56. The van der Waals surface area contributed by atoms with Gasteiger partial charge in [0.05, 0.1) is 4.92 Å². The number of fused-ring (bicyclic) bond motifs is 4. The van der Waals surface area contributed by atoms with E-state index < -0.39 is 0 Å². The Morgan fingerprint density at radius 2 is 1.03 bits per heavy atom. The van der Waals surface area contributed by atoms with Crippen molar-refractivity contribution in [1.29, 1.82) is 0 Å². The topological polar surface area (TPSA) is 43.1 Å². The molecule has 0 spiro atoms. The number of nitro benzene ring substituents is 1. The quantitative estimate of drug-likeness (QED) is 0.188. The summed E-state index contributed by atoms with van der Waals surface area (Å²) in [5.74, 6) is 2.93. The summed E-state index contributed by atoms with van der Waals surface area (Å²) >= 11 is 3.51. The molecule has 0 aromatic heterocycles. The van der Waals surface area contributed by atoms with Gasteiger partial charge in [0, 0.05) is 34.1 Å². The molecule has 0 aliphatic carbocycles. The Kier molecular flexibility index (Phi) is 4.94. The number of nitro groups is 1. The van der Waals surface area contributed by atoms with Gasteiger partial charge in [0.15, 0.2) is 0 Å². The maximum atomic E-state index is 11.8. The third-order valence-corrected chi connectivity index (χ3v) is 7.56. The molecule has 2 aliphatic rings. The second-order valence-electron chi connectivity index (χ2n) is 7.22. The minimum Gasteiger partial charge on any atom is -0.258 e. The third-order valence-electron chi connectivity index (χ3n) is 5.55. The summed E-state index contributed by atoms with van der Waals surface area (Å²) in [6.45, 7) is 0. The van der Waals surface area contributed by atoms with Gasteiger partial charge in [-0.2, -0.15) is 23.5 Å². The van der Waals surface area contributed by atoms with Gasteiger partial charge in [0.1, 0.15) is 0 Å². The maximum Gasteiger partial charge on any atom is 0.277 e. The lowest BCUT2D eigenvalue weighted by atomic mass is 9.93. The van der Waals surface area contributed by atoms with Gasteiger partial charge in [-0.25, -0.2) is 0 Å². The monoisotopic (exact) mass is 417 g/mol. The van der Waals surface area contributed by atoms with Gasteiger partial charge in [-0.15, -0.1) is 0 Å². The van der Waals surface area contributed by atoms with Crippen molar-refractivity contribution >= 4 is 50.8 Å². The minimum absolute atomic E-state index is 0.205. The van der Waals surface area contributed by atoms with E-state index in [0.29, 0.717) is 17.2 Å². The Balaban J connectivity index is 1.73. The molecule has 4 bridgehead atoms. The molecule has 6 rings (SSSR count). The van der Waals surface area contributed by atoms with E-state index in [0.717, 1.165) is 22.6 Å². The summed E-state index contributed by atoms with van der Waals surface area (Å²) in [6.07, 6.45) is 0. The molecule has 2 aliphatic heterocycles. The Bertz CT molecular complexity index is 1110. The number of nitrogens with zero attached hydrogens (tertiary/aromatic N) is 1. The Hall–Kier alpha value is -2.50. The maximum absolute atomic E-state index is 11.8. The van der Waals surface area contributed by atoms with Crippen LogP contribution in [0.5, 0.6) is 0 Å². The fourth-order valence-electron chi connectivity index (χ4n) is 4.26. The summed E-state index contributed by atoms with van der Waals surface area (Å²) in [5.41, 5.74) is 4.59. The van der Waals surface area contributed by atoms with Crippen molar-refractivity contribution in [3.05, 3.63) is 99.1 Å². The molecule has 0 saturated carbocycles. The van der Waals surface area contributed by atoms with Crippen molar-refractivity contribution in [1.82, 2.24) is 0 Å². The summed E-state index contributed by atoms with van der Waals surface area (Å²) in [4.78, 5) is 11.6. The molecule has 3 nitrogen and oxygen atoms in total. The van der Waals surface area contributed by atoms with Gasteiger partial charge in [-0.3, -0.25) is 10.1 Å². The molecule has 29 heavy (non-hydrogen) atoms. The number of hydrogen-bond acceptors (Lipinski definition) is 4. The van der Waals surface area contributed by atoms with Crippen molar-refractivity contribution in [3.8, 4) is 0 Å². The van der Waals surface area contributed by atoms with Crippen molar-refractivity contribution in [2.75, 3.05) is 0 Å². The molecule has 0 atom stereocenters. The van der Waals surface area contributed by atoms with Gasteiger partial charge < -0.3 is 0 Å². The van der Waals surface area contributed by atoms with Crippen LogP contribution in [0.25, 0.3) is 21.5 Å². The smallest absolute Gasteiger partial charge is 0.258 e. The number of hydrogen-bond donors (Lipinski definition) is 0. The number of thioether (sulfide) groups is 2. The van der Waals surface area contributed by atoms with E-state index in [2.05, 4.69) is 48.5 Å². The fourth-order valence-corrected chi connectivity index (χ4v) is 6.40. The van der Waals surface area contributed by atoms with Crippen LogP contribution in [-0.4, -0.2) is 4.92 Å². The zero-order valence-corrected chi connectivity index (χ0v) is 17.4. The van der Waals surface area contributed by atoms with Gasteiger partial charge in [0.25, 0.3) is 5.69 Å². The molecule has 4 aromatic rings. The van der Waals surface area contributed by atoms with E-state index in [9.17, 15) is 10.1 Å².